The highest BCUT2D eigenvalue weighted by molar-refractivity contribution is 6.03. The molecule has 1 aliphatic carbocycles. The number of hydrogen-bond donors (Lipinski definition) is 2. The van der Waals surface area contributed by atoms with Crippen molar-refractivity contribution in [2.75, 3.05) is 11.4 Å². The normalized spacial score (nSPS) is 15.0. The molecule has 1 atom stereocenters. The van der Waals surface area contributed by atoms with E-state index in [0.29, 0.717) is 5.56 Å². The third kappa shape index (κ3) is 7.54. The molecule has 1 fully saturated rings. The number of ether oxygens (including phenoxy) is 1. The molecule has 194 valence electrons. The van der Waals surface area contributed by atoms with Gasteiger partial charge < -0.3 is 15.4 Å². The number of halogens is 1. The number of alkyl carbamates (subject to hydrolysis) is 1. The van der Waals surface area contributed by atoms with Crippen LogP contribution in [0.4, 0.5) is 14.9 Å². The number of aryl methyl sites for hydroxylation is 1. The molecule has 1 aliphatic rings. The minimum absolute atomic E-state index is 0.0159. The molecule has 0 aromatic heterocycles. The van der Waals surface area contributed by atoms with E-state index < -0.39 is 36.0 Å². The van der Waals surface area contributed by atoms with E-state index in [0.717, 1.165) is 37.7 Å². The van der Waals surface area contributed by atoms with E-state index in [1.807, 2.05) is 19.1 Å². The molecule has 2 aromatic rings. The summed E-state index contributed by atoms with van der Waals surface area (Å²) in [5, 5.41) is 5.59. The first kappa shape index (κ1) is 27.2. The lowest BCUT2D eigenvalue weighted by molar-refractivity contribution is -0.127. The van der Waals surface area contributed by atoms with Crippen molar-refractivity contribution in [1.82, 2.24) is 10.6 Å². The zero-order chi connectivity index (χ0) is 26.3. The molecule has 0 spiro atoms. The van der Waals surface area contributed by atoms with Gasteiger partial charge in [-0.05, 0) is 69.9 Å². The zero-order valence-corrected chi connectivity index (χ0v) is 21.5. The Bertz CT molecular complexity index is 1080. The van der Waals surface area contributed by atoms with Crippen LogP contribution in [0.5, 0.6) is 0 Å². The van der Waals surface area contributed by atoms with Crippen LogP contribution in [0.1, 0.15) is 70.0 Å². The summed E-state index contributed by atoms with van der Waals surface area (Å²) in [6.45, 7) is 6.60. The second-order valence-electron chi connectivity index (χ2n) is 10.2. The lowest BCUT2D eigenvalue weighted by Crippen LogP contribution is -2.50. The molecule has 0 aliphatic heterocycles. The number of carbonyl (C=O) groups is 3. The summed E-state index contributed by atoms with van der Waals surface area (Å²) in [7, 11) is 0. The molecule has 8 heteroatoms. The van der Waals surface area contributed by atoms with Crippen molar-refractivity contribution in [3.05, 3.63) is 65.5 Å². The van der Waals surface area contributed by atoms with E-state index in [2.05, 4.69) is 10.6 Å². The minimum atomic E-state index is -1.05. The topological polar surface area (TPSA) is 87.7 Å². The molecule has 2 aromatic carbocycles. The molecule has 36 heavy (non-hydrogen) atoms. The summed E-state index contributed by atoms with van der Waals surface area (Å²) >= 11 is 0. The predicted octanol–water partition coefficient (Wildman–Crippen LogP) is 5.18. The van der Waals surface area contributed by atoms with E-state index >= 15 is 0 Å². The molecule has 7 nitrogen and oxygen atoms in total. The summed E-state index contributed by atoms with van der Waals surface area (Å²) in [6.07, 6.45) is 4.20. The van der Waals surface area contributed by atoms with Gasteiger partial charge in [0.05, 0.1) is 0 Å². The SMILES string of the molecule is Cc1ccccc1C(C(=O)NC1CCCCC1)N(C(=O)CNC(=O)OC(C)(C)C)c1cccc(F)c1. The van der Waals surface area contributed by atoms with Crippen LogP contribution in [-0.2, 0) is 14.3 Å². The number of benzene rings is 2. The molecular weight excluding hydrogens is 461 g/mol. The van der Waals surface area contributed by atoms with Gasteiger partial charge in [0.15, 0.2) is 0 Å². The van der Waals surface area contributed by atoms with Crippen molar-refractivity contribution in [3.8, 4) is 0 Å². The highest BCUT2D eigenvalue weighted by Gasteiger charge is 2.35. The average molecular weight is 498 g/mol. The molecule has 1 unspecified atom stereocenters. The van der Waals surface area contributed by atoms with Crippen LogP contribution in [0.15, 0.2) is 48.5 Å². The smallest absolute Gasteiger partial charge is 0.408 e. The molecule has 2 N–H and O–H groups in total. The van der Waals surface area contributed by atoms with Crippen molar-refractivity contribution < 1.29 is 23.5 Å². The lowest BCUT2D eigenvalue weighted by Gasteiger charge is -2.34. The van der Waals surface area contributed by atoms with Crippen molar-refractivity contribution >= 4 is 23.6 Å². The number of amides is 3. The summed E-state index contributed by atoms with van der Waals surface area (Å²) in [4.78, 5) is 40.9. The number of hydrogen-bond acceptors (Lipinski definition) is 4. The van der Waals surface area contributed by atoms with Crippen molar-refractivity contribution in [1.29, 1.82) is 0 Å². The highest BCUT2D eigenvalue weighted by Crippen LogP contribution is 2.31. The van der Waals surface area contributed by atoms with Crippen LogP contribution in [-0.4, -0.2) is 36.1 Å². The first-order chi connectivity index (χ1) is 17.0. The number of nitrogens with zero attached hydrogens (tertiary/aromatic N) is 1. The van der Waals surface area contributed by atoms with Gasteiger partial charge in [0.2, 0.25) is 11.8 Å². The first-order valence-electron chi connectivity index (χ1n) is 12.5. The number of rotatable bonds is 7. The Morgan fingerprint density at radius 1 is 1.06 bits per heavy atom. The number of anilines is 1. The van der Waals surface area contributed by atoms with Crippen LogP contribution in [0.3, 0.4) is 0 Å². The first-order valence-corrected chi connectivity index (χ1v) is 12.5. The lowest BCUT2D eigenvalue weighted by atomic mass is 9.93. The molecule has 1 saturated carbocycles. The minimum Gasteiger partial charge on any atom is -0.444 e. The van der Waals surface area contributed by atoms with Gasteiger partial charge in [-0.15, -0.1) is 0 Å². The van der Waals surface area contributed by atoms with Gasteiger partial charge in [-0.1, -0.05) is 49.6 Å². The predicted molar refractivity (Wildman–Crippen MR) is 137 cm³/mol. The Hall–Kier alpha value is -3.42. The summed E-state index contributed by atoms with van der Waals surface area (Å²) < 4.78 is 19.5. The molecular formula is C28H36FN3O4. The van der Waals surface area contributed by atoms with Crippen LogP contribution >= 0.6 is 0 Å². The third-order valence-corrected chi connectivity index (χ3v) is 6.08. The second kappa shape index (κ2) is 12.0. The Morgan fingerprint density at radius 2 is 1.75 bits per heavy atom. The monoisotopic (exact) mass is 497 g/mol. The van der Waals surface area contributed by atoms with Gasteiger partial charge in [0, 0.05) is 11.7 Å². The van der Waals surface area contributed by atoms with E-state index in [1.165, 1.54) is 23.1 Å². The largest absolute Gasteiger partial charge is 0.444 e. The molecule has 0 heterocycles. The van der Waals surface area contributed by atoms with Gasteiger partial charge in [-0.2, -0.15) is 0 Å². The number of nitrogens with one attached hydrogen (secondary N) is 2. The van der Waals surface area contributed by atoms with E-state index in [9.17, 15) is 18.8 Å². The van der Waals surface area contributed by atoms with Crippen LogP contribution in [0.25, 0.3) is 0 Å². The molecule has 0 saturated heterocycles. The zero-order valence-electron chi connectivity index (χ0n) is 21.5. The van der Waals surface area contributed by atoms with Gasteiger partial charge in [0.1, 0.15) is 24.0 Å². The Kier molecular flexibility index (Phi) is 9.07. The maximum atomic E-state index is 14.3. The Balaban J connectivity index is 1.98. The fraction of sp³-hybridized carbons (Fsp3) is 0.464. The van der Waals surface area contributed by atoms with Gasteiger partial charge in [-0.3, -0.25) is 14.5 Å². The average Bonchev–Trinajstić information content (AvgIpc) is 2.81. The molecule has 3 rings (SSSR count). The highest BCUT2D eigenvalue weighted by atomic mass is 19.1. The summed E-state index contributed by atoms with van der Waals surface area (Å²) in [5.74, 6) is -1.45. The fourth-order valence-corrected chi connectivity index (χ4v) is 4.43. The number of carbonyl (C=O) groups excluding carboxylic acids is 3. The standard InChI is InChI=1S/C28H36FN3O4/c1-19-11-8-9-16-23(19)25(26(34)31-21-13-6-5-7-14-21)32(22-15-10-12-20(29)17-22)24(33)18-30-27(35)36-28(2,3)4/h8-12,15-17,21,25H,5-7,13-14,18H2,1-4H3,(H,30,35)(H,31,34). The van der Waals surface area contributed by atoms with E-state index in [4.69, 9.17) is 4.74 Å². The van der Waals surface area contributed by atoms with Crippen LogP contribution in [0, 0.1) is 12.7 Å². The van der Waals surface area contributed by atoms with Crippen molar-refractivity contribution in [3.63, 3.8) is 0 Å². The molecule has 0 radical (unpaired) electrons. The Morgan fingerprint density at radius 3 is 2.39 bits per heavy atom. The summed E-state index contributed by atoms with van der Waals surface area (Å²) in [5.41, 5.74) is 0.924. The van der Waals surface area contributed by atoms with Crippen molar-refractivity contribution in [2.45, 2.75) is 77.5 Å². The third-order valence-electron chi connectivity index (χ3n) is 6.08. The van der Waals surface area contributed by atoms with Crippen LogP contribution < -0.4 is 15.5 Å². The maximum Gasteiger partial charge on any atom is 0.408 e. The summed E-state index contributed by atoms with van der Waals surface area (Å²) in [6, 6.07) is 11.8. The van der Waals surface area contributed by atoms with E-state index in [1.54, 1.807) is 39.0 Å². The van der Waals surface area contributed by atoms with Gasteiger partial charge in [-0.25, -0.2) is 9.18 Å². The fourth-order valence-electron chi connectivity index (χ4n) is 4.43. The molecule has 0 bridgehead atoms. The van der Waals surface area contributed by atoms with Crippen LogP contribution in [0.2, 0.25) is 0 Å². The second-order valence-corrected chi connectivity index (χ2v) is 10.2. The van der Waals surface area contributed by atoms with E-state index in [-0.39, 0.29) is 17.6 Å². The quantitative estimate of drug-likeness (QED) is 0.552. The molecule has 3 amide bonds. The van der Waals surface area contributed by atoms with Gasteiger partial charge >= 0.3 is 6.09 Å². The maximum absolute atomic E-state index is 14.3. The van der Waals surface area contributed by atoms with Gasteiger partial charge in [0.25, 0.3) is 0 Å². The van der Waals surface area contributed by atoms with Crippen molar-refractivity contribution in [2.24, 2.45) is 0 Å². The Labute approximate surface area is 212 Å².